The van der Waals surface area contributed by atoms with Gasteiger partial charge in [0.15, 0.2) is 0 Å². The Hall–Kier alpha value is -1.08. The Morgan fingerprint density at radius 1 is 1.38 bits per heavy atom. The summed E-state index contributed by atoms with van der Waals surface area (Å²) in [7, 11) is 0. The third-order valence-electron chi connectivity index (χ3n) is 2.39. The Kier molecular flexibility index (Phi) is 6.75. The highest BCUT2D eigenvalue weighted by molar-refractivity contribution is 5.81. The van der Waals surface area contributed by atoms with E-state index in [4.69, 9.17) is 11.0 Å². The molecule has 1 atom stereocenters. The van der Waals surface area contributed by atoms with Crippen LogP contribution < -0.4 is 5.73 Å². The highest BCUT2D eigenvalue weighted by Gasteiger charge is 2.23. The molecule has 0 unspecified atom stereocenters. The molecule has 0 heterocycles. The number of carbonyl (C=O) groups is 1. The number of nitrogens with zero attached hydrogens (tertiary/aromatic N) is 2. The van der Waals surface area contributed by atoms with E-state index in [0.717, 1.165) is 0 Å². The van der Waals surface area contributed by atoms with Crippen molar-refractivity contribution in [1.82, 2.24) is 4.90 Å². The summed E-state index contributed by atoms with van der Waals surface area (Å²) in [5, 5.41) is 8.56. The molecule has 0 aromatic heterocycles. The predicted molar refractivity (Wildman–Crippen MR) is 64.5 cm³/mol. The fraction of sp³-hybridized carbons (Fsp3) is 0.833. The highest BCUT2D eigenvalue weighted by Crippen LogP contribution is 2.07. The molecular weight excluding hydrogens is 202 g/mol. The molecule has 0 aliphatic heterocycles. The zero-order chi connectivity index (χ0) is 12.7. The van der Waals surface area contributed by atoms with Crippen molar-refractivity contribution in [3.63, 3.8) is 0 Å². The minimum Gasteiger partial charge on any atom is -0.340 e. The molecule has 0 rings (SSSR count). The minimum atomic E-state index is -0.461. The van der Waals surface area contributed by atoms with Crippen LogP contribution in [0.3, 0.4) is 0 Å². The fourth-order valence-corrected chi connectivity index (χ4v) is 1.41. The van der Waals surface area contributed by atoms with E-state index in [1.165, 1.54) is 0 Å². The van der Waals surface area contributed by atoms with Crippen LogP contribution in [0.25, 0.3) is 0 Å². The molecule has 0 radical (unpaired) electrons. The lowest BCUT2D eigenvalue weighted by Gasteiger charge is -2.28. The van der Waals surface area contributed by atoms with Crippen molar-refractivity contribution in [2.75, 3.05) is 13.1 Å². The predicted octanol–water partition coefficient (Wildman–Crippen LogP) is 1.37. The second kappa shape index (κ2) is 7.24. The average molecular weight is 225 g/mol. The molecule has 0 saturated carbocycles. The van der Waals surface area contributed by atoms with Crippen molar-refractivity contribution < 1.29 is 4.79 Å². The quantitative estimate of drug-likeness (QED) is 0.742. The van der Waals surface area contributed by atoms with Crippen molar-refractivity contribution in [2.24, 2.45) is 17.6 Å². The second-order valence-corrected chi connectivity index (χ2v) is 4.86. The van der Waals surface area contributed by atoms with Gasteiger partial charge in [0.2, 0.25) is 5.91 Å². The number of hydrogen-bond donors (Lipinski definition) is 1. The van der Waals surface area contributed by atoms with Crippen LogP contribution in [-0.4, -0.2) is 29.9 Å². The molecule has 2 N–H and O–H groups in total. The number of amides is 1. The van der Waals surface area contributed by atoms with Gasteiger partial charge in [-0.3, -0.25) is 4.79 Å². The summed E-state index contributed by atoms with van der Waals surface area (Å²) in [5.74, 6) is 0.477. The number of nitriles is 1. The maximum Gasteiger partial charge on any atom is 0.239 e. The third-order valence-corrected chi connectivity index (χ3v) is 2.39. The van der Waals surface area contributed by atoms with E-state index in [9.17, 15) is 4.79 Å². The van der Waals surface area contributed by atoms with Gasteiger partial charge in [0, 0.05) is 13.1 Å². The van der Waals surface area contributed by atoms with E-state index in [0.29, 0.717) is 25.4 Å². The van der Waals surface area contributed by atoms with Gasteiger partial charge in [-0.15, -0.1) is 0 Å². The Morgan fingerprint density at radius 3 is 2.31 bits per heavy atom. The van der Waals surface area contributed by atoms with Gasteiger partial charge in [-0.05, 0) is 11.8 Å². The van der Waals surface area contributed by atoms with Crippen molar-refractivity contribution >= 4 is 5.91 Å². The van der Waals surface area contributed by atoms with Crippen LogP contribution in [0.2, 0.25) is 0 Å². The molecular formula is C12H23N3O. The van der Waals surface area contributed by atoms with Crippen molar-refractivity contribution in [2.45, 2.75) is 40.2 Å². The summed E-state index contributed by atoms with van der Waals surface area (Å²) in [6.45, 7) is 9.11. The van der Waals surface area contributed by atoms with Crippen molar-refractivity contribution in [3.8, 4) is 6.07 Å². The minimum absolute atomic E-state index is 0.0426. The number of carbonyl (C=O) groups excluding carboxylic acids is 1. The van der Waals surface area contributed by atoms with Gasteiger partial charge < -0.3 is 10.6 Å². The largest absolute Gasteiger partial charge is 0.340 e. The monoisotopic (exact) mass is 225 g/mol. The highest BCUT2D eigenvalue weighted by atomic mass is 16.2. The number of hydrogen-bond acceptors (Lipinski definition) is 3. The molecule has 0 fully saturated rings. The fourth-order valence-electron chi connectivity index (χ4n) is 1.41. The maximum atomic E-state index is 12.0. The maximum absolute atomic E-state index is 12.0. The Labute approximate surface area is 98.4 Å². The van der Waals surface area contributed by atoms with E-state index in [1.807, 2.05) is 27.7 Å². The van der Waals surface area contributed by atoms with E-state index in [-0.39, 0.29) is 11.8 Å². The van der Waals surface area contributed by atoms with E-state index in [2.05, 4.69) is 6.07 Å². The molecule has 0 aliphatic rings. The zero-order valence-electron chi connectivity index (χ0n) is 10.7. The SMILES string of the molecule is CC(C)CN(CCC#N)C(=O)[C@@H](N)C(C)C. The third kappa shape index (κ3) is 5.13. The van der Waals surface area contributed by atoms with Crippen LogP contribution in [-0.2, 0) is 4.79 Å². The lowest BCUT2D eigenvalue weighted by molar-refractivity contribution is -0.134. The Bertz CT molecular complexity index is 255. The van der Waals surface area contributed by atoms with Gasteiger partial charge >= 0.3 is 0 Å². The summed E-state index contributed by atoms with van der Waals surface area (Å²) >= 11 is 0. The summed E-state index contributed by atoms with van der Waals surface area (Å²) in [6.07, 6.45) is 0.364. The van der Waals surface area contributed by atoms with Gasteiger partial charge in [0.25, 0.3) is 0 Å². The standard InChI is InChI=1S/C12H23N3O/c1-9(2)8-15(7-5-6-13)12(16)11(14)10(3)4/h9-11H,5,7-8,14H2,1-4H3/t11-/m0/s1. The smallest absolute Gasteiger partial charge is 0.239 e. The first-order valence-corrected chi connectivity index (χ1v) is 5.81. The summed E-state index contributed by atoms with van der Waals surface area (Å²) in [4.78, 5) is 13.7. The van der Waals surface area contributed by atoms with Crippen LogP contribution >= 0.6 is 0 Å². The lowest BCUT2D eigenvalue weighted by Crippen LogP contribution is -2.48. The van der Waals surface area contributed by atoms with Crippen molar-refractivity contribution in [3.05, 3.63) is 0 Å². The van der Waals surface area contributed by atoms with E-state index >= 15 is 0 Å². The molecule has 92 valence electrons. The van der Waals surface area contributed by atoms with Gasteiger partial charge in [-0.25, -0.2) is 0 Å². The Morgan fingerprint density at radius 2 is 1.94 bits per heavy atom. The molecule has 4 nitrogen and oxygen atoms in total. The molecule has 16 heavy (non-hydrogen) atoms. The Balaban J connectivity index is 4.49. The molecule has 0 aromatic rings. The van der Waals surface area contributed by atoms with Crippen LogP contribution in [0.1, 0.15) is 34.1 Å². The van der Waals surface area contributed by atoms with Crippen LogP contribution in [0.4, 0.5) is 0 Å². The number of nitrogens with two attached hydrogens (primary N) is 1. The summed E-state index contributed by atoms with van der Waals surface area (Å²) < 4.78 is 0. The first-order valence-electron chi connectivity index (χ1n) is 5.81. The lowest BCUT2D eigenvalue weighted by atomic mass is 10.0. The van der Waals surface area contributed by atoms with Gasteiger partial charge in [-0.1, -0.05) is 27.7 Å². The first-order chi connectivity index (χ1) is 7.40. The molecule has 0 saturated heterocycles. The van der Waals surface area contributed by atoms with Crippen LogP contribution in [0.15, 0.2) is 0 Å². The molecule has 4 heteroatoms. The van der Waals surface area contributed by atoms with Gasteiger partial charge in [-0.2, -0.15) is 5.26 Å². The van der Waals surface area contributed by atoms with Gasteiger partial charge in [0.1, 0.15) is 0 Å². The molecule has 0 bridgehead atoms. The van der Waals surface area contributed by atoms with Gasteiger partial charge in [0.05, 0.1) is 18.5 Å². The van der Waals surface area contributed by atoms with Crippen molar-refractivity contribution in [1.29, 1.82) is 5.26 Å². The normalized spacial score (nSPS) is 12.6. The molecule has 0 aliphatic carbocycles. The summed E-state index contributed by atoms with van der Waals surface area (Å²) in [6, 6.07) is 1.60. The van der Waals surface area contributed by atoms with E-state index < -0.39 is 6.04 Å². The zero-order valence-corrected chi connectivity index (χ0v) is 10.7. The second-order valence-electron chi connectivity index (χ2n) is 4.86. The molecule has 1 amide bonds. The summed E-state index contributed by atoms with van der Waals surface area (Å²) in [5.41, 5.74) is 5.83. The molecule has 0 aromatic carbocycles. The topological polar surface area (TPSA) is 70.1 Å². The van der Waals surface area contributed by atoms with Crippen LogP contribution in [0, 0.1) is 23.2 Å². The number of rotatable bonds is 6. The van der Waals surface area contributed by atoms with E-state index in [1.54, 1.807) is 4.90 Å². The average Bonchev–Trinajstić information content (AvgIpc) is 2.21. The molecule has 0 spiro atoms. The van der Waals surface area contributed by atoms with Crippen LogP contribution in [0.5, 0.6) is 0 Å². The first kappa shape index (κ1) is 14.9.